The summed E-state index contributed by atoms with van der Waals surface area (Å²) in [5.41, 5.74) is -0.618. The van der Waals surface area contributed by atoms with E-state index in [1.807, 2.05) is 6.07 Å². The van der Waals surface area contributed by atoms with E-state index in [2.05, 4.69) is 51.1 Å². The predicted molar refractivity (Wildman–Crippen MR) is 128 cm³/mol. The van der Waals surface area contributed by atoms with Crippen LogP contribution in [0.4, 0.5) is 5.82 Å². The fourth-order valence-corrected chi connectivity index (χ4v) is 5.41. The van der Waals surface area contributed by atoms with Crippen LogP contribution in [0.5, 0.6) is 0 Å². The fraction of sp³-hybridized carbons (Fsp3) is 0.542. The highest BCUT2D eigenvalue weighted by molar-refractivity contribution is 6.74. The van der Waals surface area contributed by atoms with Crippen molar-refractivity contribution in [3.8, 4) is 0 Å². The van der Waals surface area contributed by atoms with Crippen LogP contribution in [0.15, 0.2) is 47.4 Å². The van der Waals surface area contributed by atoms with Gasteiger partial charge in [-0.15, -0.1) is 0 Å². The Kier molecular flexibility index (Phi) is 6.11. The molecule has 0 radical (unpaired) electrons. The van der Waals surface area contributed by atoms with Crippen molar-refractivity contribution in [2.75, 3.05) is 11.9 Å². The number of carbonyl (C=O) groups excluding carboxylic acids is 1. The molecule has 4 rings (SSSR count). The molecule has 2 aliphatic rings. The van der Waals surface area contributed by atoms with Crippen LogP contribution >= 0.6 is 0 Å². The van der Waals surface area contributed by atoms with E-state index in [1.165, 1.54) is 4.57 Å². The van der Waals surface area contributed by atoms with Crippen molar-refractivity contribution in [2.45, 2.75) is 76.3 Å². The molecule has 2 bridgehead atoms. The average molecular weight is 472 g/mol. The van der Waals surface area contributed by atoms with Crippen LogP contribution in [-0.4, -0.2) is 48.2 Å². The summed E-state index contributed by atoms with van der Waals surface area (Å²) in [6.07, 6.45) is 1.03. The number of hydrogen-bond donors (Lipinski definition) is 1. The Morgan fingerprint density at radius 1 is 1.27 bits per heavy atom. The van der Waals surface area contributed by atoms with Crippen molar-refractivity contribution >= 4 is 20.0 Å². The van der Waals surface area contributed by atoms with Gasteiger partial charge in [0.2, 0.25) is 0 Å². The maximum atomic E-state index is 12.9. The van der Waals surface area contributed by atoms with E-state index >= 15 is 0 Å². The Morgan fingerprint density at radius 2 is 1.97 bits per heavy atom. The number of rotatable bonds is 6. The van der Waals surface area contributed by atoms with Crippen LogP contribution in [-0.2, 0) is 13.9 Å². The van der Waals surface area contributed by atoms with E-state index in [-0.39, 0.29) is 22.9 Å². The first-order valence-corrected chi connectivity index (χ1v) is 14.3. The van der Waals surface area contributed by atoms with Gasteiger partial charge in [-0.3, -0.25) is 9.36 Å². The van der Waals surface area contributed by atoms with E-state index < -0.39 is 31.9 Å². The Hall–Kier alpha value is -2.33. The molecule has 4 atom stereocenters. The van der Waals surface area contributed by atoms with Gasteiger partial charge in [-0.25, -0.2) is 4.79 Å². The number of amides is 1. The van der Waals surface area contributed by atoms with E-state index in [0.717, 1.165) is 0 Å². The molecule has 1 unspecified atom stereocenters. The maximum Gasteiger partial charge on any atom is 0.351 e. The summed E-state index contributed by atoms with van der Waals surface area (Å²) in [5.74, 6) is -0.138. The van der Waals surface area contributed by atoms with Crippen LogP contribution in [0.3, 0.4) is 0 Å². The molecule has 2 fully saturated rings. The lowest BCUT2D eigenvalue weighted by atomic mass is 9.96. The van der Waals surface area contributed by atoms with Crippen molar-refractivity contribution in [1.29, 1.82) is 0 Å². The van der Waals surface area contributed by atoms with E-state index in [4.69, 9.17) is 13.9 Å². The molecular formula is C24H33N3O5Si. The first kappa shape index (κ1) is 23.8. The minimum atomic E-state index is -2.09. The summed E-state index contributed by atoms with van der Waals surface area (Å²) in [4.78, 5) is 29.4. The molecule has 3 heterocycles. The average Bonchev–Trinajstić information content (AvgIpc) is 3.25. The lowest BCUT2D eigenvalue weighted by Gasteiger charge is -2.40. The Labute approximate surface area is 195 Å². The smallest absolute Gasteiger partial charge is 0.351 e. The second-order valence-corrected chi connectivity index (χ2v) is 15.1. The van der Waals surface area contributed by atoms with Crippen molar-refractivity contribution < 1.29 is 18.7 Å². The number of carbonyl (C=O) groups is 1. The number of benzene rings is 1. The maximum absolute atomic E-state index is 12.9. The molecule has 178 valence electrons. The van der Waals surface area contributed by atoms with Crippen LogP contribution < -0.4 is 11.0 Å². The highest BCUT2D eigenvalue weighted by atomic mass is 28.4. The molecule has 0 spiro atoms. The normalized spacial score (nSPS) is 27.0. The van der Waals surface area contributed by atoms with Gasteiger partial charge in [-0.2, -0.15) is 4.98 Å². The van der Waals surface area contributed by atoms with Crippen molar-refractivity contribution in [2.24, 2.45) is 0 Å². The summed E-state index contributed by atoms with van der Waals surface area (Å²) >= 11 is 0. The van der Waals surface area contributed by atoms with Gasteiger partial charge in [0.1, 0.15) is 23.6 Å². The van der Waals surface area contributed by atoms with Gasteiger partial charge in [0.25, 0.3) is 5.91 Å². The molecule has 2 aliphatic heterocycles. The number of anilines is 1. The van der Waals surface area contributed by atoms with Gasteiger partial charge in [0.05, 0.1) is 6.61 Å². The molecule has 8 nitrogen and oxygen atoms in total. The molecule has 33 heavy (non-hydrogen) atoms. The summed E-state index contributed by atoms with van der Waals surface area (Å²) in [6, 6.07) is 10.4. The largest absolute Gasteiger partial charge is 0.408 e. The zero-order chi connectivity index (χ0) is 24.0. The second kappa shape index (κ2) is 8.46. The van der Waals surface area contributed by atoms with Crippen molar-refractivity contribution in [3.05, 3.63) is 58.6 Å². The number of hydrogen-bond acceptors (Lipinski definition) is 6. The Morgan fingerprint density at radius 3 is 2.58 bits per heavy atom. The van der Waals surface area contributed by atoms with E-state index in [1.54, 1.807) is 36.5 Å². The predicted octanol–water partition coefficient (Wildman–Crippen LogP) is 3.96. The Balaban J connectivity index is 1.56. The molecule has 1 aromatic carbocycles. The quantitative estimate of drug-likeness (QED) is 0.641. The fourth-order valence-electron chi connectivity index (χ4n) is 4.07. The highest BCUT2D eigenvalue weighted by Gasteiger charge is 2.63. The van der Waals surface area contributed by atoms with Gasteiger partial charge in [-0.05, 0) is 42.8 Å². The number of nitrogens with one attached hydrogen (secondary N) is 1. The molecule has 0 aliphatic carbocycles. The SMILES string of the molecule is CC[C@]12COC([C@H](n3ccc(NC(=O)c4ccccc4)nc3=O)O1)[C@@H]2O[Si](C)(C)C(C)(C)C. The summed E-state index contributed by atoms with van der Waals surface area (Å²) in [7, 11) is -2.09. The van der Waals surface area contributed by atoms with Gasteiger partial charge >= 0.3 is 5.69 Å². The zero-order valence-corrected chi connectivity index (χ0v) is 21.1. The topological polar surface area (TPSA) is 91.7 Å². The van der Waals surface area contributed by atoms with Gasteiger partial charge in [0, 0.05) is 11.8 Å². The first-order valence-electron chi connectivity index (χ1n) is 11.4. The summed E-state index contributed by atoms with van der Waals surface area (Å²) < 4.78 is 20.7. The molecular weight excluding hydrogens is 438 g/mol. The van der Waals surface area contributed by atoms with Crippen LogP contribution in [0.2, 0.25) is 18.1 Å². The molecule has 1 amide bonds. The number of fused-ring (bicyclic) bond motifs is 2. The lowest BCUT2D eigenvalue weighted by molar-refractivity contribution is -0.175. The van der Waals surface area contributed by atoms with Crippen LogP contribution in [0.25, 0.3) is 0 Å². The molecule has 1 aromatic heterocycles. The van der Waals surface area contributed by atoms with Gasteiger partial charge < -0.3 is 19.2 Å². The highest BCUT2D eigenvalue weighted by Crippen LogP contribution is 2.50. The monoisotopic (exact) mass is 471 g/mol. The first-order chi connectivity index (χ1) is 15.5. The molecule has 0 saturated carbocycles. The van der Waals surface area contributed by atoms with E-state index in [9.17, 15) is 9.59 Å². The standard InChI is InChI=1S/C24H33N3O5Si/c1-7-24-15-30-18(19(24)32-33(5,6)23(2,3)4)21(31-24)27-14-13-17(26-22(27)29)25-20(28)16-11-9-8-10-12-16/h8-14,18-19,21H,7,15H2,1-6H3,(H,25,26,28,29)/t18?,19-,21+,24+/m0/s1. The molecule has 2 aromatic rings. The summed E-state index contributed by atoms with van der Waals surface area (Å²) in [5, 5.41) is 2.71. The van der Waals surface area contributed by atoms with Crippen molar-refractivity contribution in [1.82, 2.24) is 9.55 Å². The Bertz CT molecular complexity index is 1080. The number of ether oxygens (including phenoxy) is 2. The molecule has 2 saturated heterocycles. The zero-order valence-electron chi connectivity index (χ0n) is 20.1. The number of nitrogens with zero attached hydrogens (tertiary/aromatic N) is 2. The van der Waals surface area contributed by atoms with Crippen LogP contribution in [0.1, 0.15) is 50.7 Å². The van der Waals surface area contributed by atoms with E-state index in [0.29, 0.717) is 18.6 Å². The minimum absolute atomic E-state index is 0.0382. The number of aromatic nitrogens is 2. The summed E-state index contributed by atoms with van der Waals surface area (Å²) in [6.45, 7) is 13.5. The minimum Gasteiger partial charge on any atom is -0.408 e. The third kappa shape index (κ3) is 4.30. The third-order valence-corrected chi connectivity index (χ3v) is 11.6. The second-order valence-electron chi connectivity index (χ2n) is 10.3. The molecule has 1 N–H and O–H groups in total. The van der Waals surface area contributed by atoms with Crippen molar-refractivity contribution in [3.63, 3.8) is 0 Å². The van der Waals surface area contributed by atoms with Gasteiger partial charge in [-0.1, -0.05) is 45.9 Å². The van der Waals surface area contributed by atoms with Gasteiger partial charge in [0.15, 0.2) is 14.5 Å². The molecule has 9 heteroatoms. The third-order valence-electron chi connectivity index (χ3n) is 7.18. The van der Waals surface area contributed by atoms with Crippen LogP contribution in [0, 0.1) is 0 Å². The lowest BCUT2D eigenvalue weighted by Crippen LogP contribution is -2.51.